The largest absolute Gasteiger partial charge is 0.495 e. The van der Waals surface area contributed by atoms with Crippen molar-refractivity contribution in [3.8, 4) is 5.75 Å². The summed E-state index contributed by atoms with van der Waals surface area (Å²) >= 11 is 3.38. The van der Waals surface area contributed by atoms with Gasteiger partial charge in [-0.3, -0.25) is 0 Å². The molecule has 0 aliphatic rings. The molecular formula is C14H15BrN2O3S. The normalized spacial score (nSPS) is 11.3. The number of methoxy groups -OCH3 is 1. The van der Waals surface area contributed by atoms with E-state index in [9.17, 15) is 8.42 Å². The van der Waals surface area contributed by atoms with Crippen LogP contribution in [0.2, 0.25) is 0 Å². The molecule has 0 unspecified atom stereocenters. The summed E-state index contributed by atoms with van der Waals surface area (Å²) in [5, 5.41) is 0. The SMILES string of the molecule is COc1ccc(S(=O)(=O)NCc2ccccc2Br)cc1N. The summed E-state index contributed by atoms with van der Waals surface area (Å²) in [4.78, 5) is 0.104. The lowest BCUT2D eigenvalue weighted by atomic mass is 10.2. The molecule has 3 N–H and O–H groups in total. The number of hydrogen-bond acceptors (Lipinski definition) is 4. The van der Waals surface area contributed by atoms with Crippen molar-refractivity contribution in [2.45, 2.75) is 11.4 Å². The summed E-state index contributed by atoms with van der Waals surface area (Å²) in [6.45, 7) is 0.190. The quantitative estimate of drug-likeness (QED) is 0.792. The van der Waals surface area contributed by atoms with Gasteiger partial charge in [-0.05, 0) is 29.8 Å². The number of hydrogen-bond donors (Lipinski definition) is 2. The number of benzene rings is 2. The Hall–Kier alpha value is -1.57. The Labute approximate surface area is 132 Å². The molecule has 0 spiro atoms. The summed E-state index contributed by atoms with van der Waals surface area (Å²) in [5.41, 5.74) is 6.86. The lowest BCUT2D eigenvalue weighted by Crippen LogP contribution is -2.23. The molecule has 0 heterocycles. The summed E-state index contributed by atoms with van der Waals surface area (Å²) in [5.74, 6) is 0.444. The van der Waals surface area contributed by atoms with E-state index < -0.39 is 10.0 Å². The first-order chi connectivity index (χ1) is 9.94. The number of nitrogen functional groups attached to an aromatic ring is 1. The molecule has 7 heteroatoms. The maximum atomic E-state index is 12.2. The molecule has 0 saturated heterocycles. The maximum absolute atomic E-state index is 12.2. The monoisotopic (exact) mass is 370 g/mol. The minimum absolute atomic E-state index is 0.104. The van der Waals surface area contributed by atoms with Gasteiger partial charge < -0.3 is 10.5 Å². The number of rotatable bonds is 5. The molecular weight excluding hydrogens is 356 g/mol. The fraction of sp³-hybridized carbons (Fsp3) is 0.143. The predicted octanol–water partition coefficient (Wildman–Crippen LogP) is 2.52. The van der Waals surface area contributed by atoms with E-state index in [1.165, 1.54) is 25.3 Å². The first-order valence-corrected chi connectivity index (χ1v) is 8.38. The molecule has 0 amide bonds. The molecule has 0 saturated carbocycles. The van der Waals surface area contributed by atoms with Crippen LogP contribution in [-0.4, -0.2) is 15.5 Å². The molecule has 2 rings (SSSR count). The van der Waals surface area contributed by atoms with E-state index in [1.54, 1.807) is 0 Å². The first-order valence-electron chi connectivity index (χ1n) is 6.10. The standard InChI is InChI=1S/C14H15BrN2O3S/c1-20-14-7-6-11(8-13(14)16)21(18,19)17-9-10-4-2-3-5-12(10)15/h2-8,17H,9,16H2,1H3. The van der Waals surface area contributed by atoms with Crippen molar-refractivity contribution in [3.63, 3.8) is 0 Å². The minimum atomic E-state index is -3.63. The van der Waals surface area contributed by atoms with Gasteiger partial charge in [-0.2, -0.15) is 0 Å². The van der Waals surface area contributed by atoms with Crippen LogP contribution in [0, 0.1) is 0 Å². The highest BCUT2D eigenvalue weighted by Gasteiger charge is 2.16. The molecule has 0 aliphatic carbocycles. The van der Waals surface area contributed by atoms with Crippen molar-refractivity contribution in [2.24, 2.45) is 0 Å². The molecule has 0 aliphatic heterocycles. The number of sulfonamides is 1. The van der Waals surface area contributed by atoms with E-state index in [4.69, 9.17) is 10.5 Å². The fourth-order valence-corrected chi connectivity index (χ4v) is 3.24. The fourth-order valence-electron chi connectivity index (χ4n) is 1.78. The van der Waals surface area contributed by atoms with Gasteiger partial charge in [0.1, 0.15) is 5.75 Å². The molecule has 0 aromatic heterocycles. The van der Waals surface area contributed by atoms with Crippen molar-refractivity contribution in [1.29, 1.82) is 0 Å². The molecule has 2 aromatic carbocycles. The van der Waals surface area contributed by atoms with Gasteiger partial charge in [0.2, 0.25) is 10.0 Å². The topological polar surface area (TPSA) is 81.4 Å². The lowest BCUT2D eigenvalue weighted by molar-refractivity contribution is 0.416. The maximum Gasteiger partial charge on any atom is 0.240 e. The highest BCUT2D eigenvalue weighted by Crippen LogP contribution is 2.24. The van der Waals surface area contributed by atoms with Crippen molar-refractivity contribution in [1.82, 2.24) is 4.72 Å². The molecule has 0 atom stereocenters. The van der Waals surface area contributed by atoms with Crippen LogP contribution in [0.3, 0.4) is 0 Å². The van der Waals surface area contributed by atoms with E-state index >= 15 is 0 Å². The van der Waals surface area contributed by atoms with E-state index in [1.807, 2.05) is 24.3 Å². The second-order valence-electron chi connectivity index (χ2n) is 4.32. The number of anilines is 1. The zero-order valence-corrected chi connectivity index (χ0v) is 13.7. The summed E-state index contributed by atoms with van der Waals surface area (Å²) in [6, 6.07) is 11.8. The van der Waals surface area contributed by atoms with Crippen LogP contribution in [0.1, 0.15) is 5.56 Å². The Morgan fingerprint density at radius 3 is 2.57 bits per heavy atom. The molecule has 0 fully saturated rings. The summed E-state index contributed by atoms with van der Waals surface area (Å²) in [7, 11) is -2.15. The molecule has 0 radical (unpaired) electrons. The van der Waals surface area contributed by atoms with Crippen LogP contribution >= 0.6 is 15.9 Å². The molecule has 112 valence electrons. The van der Waals surface area contributed by atoms with Gasteiger partial charge in [0.05, 0.1) is 17.7 Å². The minimum Gasteiger partial charge on any atom is -0.495 e. The van der Waals surface area contributed by atoms with Crippen molar-refractivity contribution in [3.05, 3.63) is 52.5 Å². The molecule has 2 aromatic rings. The van der Waals surface area contributed by atoms with Crippen LogP contribution in [0.25, 0.3) is 0 Å². The van der Waals surface area contributed by atoms with Crippen molar-refractivity contribution in [2.75, 3.05) is 12.8 Å². The van der Waals surface area contributed by atoms with Gasteiger partial charge in [0.15, 0.2) is 0 Å². The van der Waals surface area contributed by atoms with E-state index in [-0.39, 0.29) is 17.1 Å². The average molecular weight is 371 g/mol. The van der Waals surface area contributed by atoms with Crippen LogP contribution in [0.5, 0.6) is 5.75 Å². The summed E-state index contributed by atoms with van der Waals surface area (Å²) in [6.07, 6.45) is 0. The molecule has 0 bridgehead atoms. The third-order valence-electron chi connectivity index (χ3n) is 2.92. The third kappa shape index (κ3) is 3.75. The number of halogens is 1. The predicted molar refractivity (Wildman–Crippen MR) is 85.6 cm³/mol. The van der Waals surface area contributed by atoms with Crippen LogP contribution in [-0.2, 0) is 16.6 Å². The Morgan fingerprint density at radius 1 is 1.24 bits per heavy atom. The van der Waals surface area contributed by atoms with E-state index in [2.05, 4.69) is 20.7 Å². The van der Waals surface area contributed by atoms with Crippen LogP contribution in [0.4, 0.5) is 5.69 Å². The lowest BCUT2D eigenvalue weighted by Gasteiger charge is -2.10. The Balaban J connectivity index is 2.19. The number of ether oxygens (including phenoxy) is 1. The van der Waals surface area contributed by atoms with E-state index in [0.29, 0.717) is 5.75 Å². The molecule has 21 heavy (non-hydrogen) atoms. The third-order valence-corrected chi connectivity index (χ3v) is 5.09. The smallest absolute Gasteiger partial charge is 0.240 e. The number of nitrogens with one attached hydrogen (secondary N) is 1. The Bertz CT molecular complexity index is 748. The average Bonchev–Trinajstić information content (AvgIpc) is 2.46. The second-order valence-corrected chi connectivity index (χ2v) is 6.94. The van der Waals surface area contributed by atoms with Gasteiger partial charge >= 0.3 is 0 Å². The van der Waals surface area contributed by atoms with Gasteiger partial charge in [-0.1, -0.05) is 34.1 Å². The van der Waals surface area contributed by atoms with Gasteiger partial charge in [0.25, 0.3) is 0 Å². The van der Waals surface area contributed by atoms with Crippen LogP contribution in [0.15, 0.2) is 51.8 Å². The van der Waals surface area contributed by atoms with Gasteiger partial charge in [-0.15, -0.1) is 0 Å². The highest BCUT2D eigenvalue weighted by molar-refractivity contribution is 9.10. The van der Waals surface area contributed by atoms with Crippen LogP contribution < -0.4 is 15.2 Å². The Morgan fingerprint density at radius 2 is 1.95 bits per heavy atom. The molecule has 5 nitrogen and oxygen atoms in total. The zero-order valence-electron chi connectivity index (χ0n) is 11.3. The first kappa shape index (κ1) is 15.8. The number of nitrogens with two attached hydrogens (primary N) is 1. The van der Waals surface area contributed by atoms with Crippen molar-refractivity contribution < 1.29 is 13.2 Å². The zero-order chi connectivity index (χ0) is 15.5. The highest BCUT2D eigenvalue weighted by atomic mass is 79.9. The summed E-state index contributed by atoms with van der Waals surface area (Å²) < 4.78 is 32.9. The second kappa shape index (κ2) is 6.46. The Kier molecular flexibility index (Phi) is 4.87. The van der Waals surface area contributed by atoms with Gasteiger partial charge in [-0.25, -0.2) is 13.1 Å². The van der Waals surface area contributed by atoms with E-state index in [0.717, 1.165) is 10.0 Å². The van der Waals surface area contributed by atoms with Crippen molar-refractivity contribution >= 4 is 31.6 Å². The van der Waals surface area contributed by atoms with Gasteiger partial charge in [0, 0.05) is 11.0 Å².